The van der Waals surface area contributed by atoms with Gasteiger partial charge in [-0.3, -0.25) is 4.90 Å². The van der Waals surface area contributed by atoms with Crippen molar-refractivity contribution in [1.82, 2.24) is 4.90 Å². The van der Waals surface area contributed by atoms with Crippen molar-refractivity contribution in [1.29, 1.82) is 0 Å². The number of nitrogens with zero attached hydrogens (tertiary/aromatic N) is 1. The van der Waals surface area contributed by atoms with Crippen LogP contribution in [0.1, 0.15) is 12.0 Å². The highest BCUT2D eigenvalue weighted by molar-refractivity contribution is 6.31. The predicted molar refractivity (Wildman–Crippen MR) is 64.5 cm³/mol. The maximum atomic E-state index is 12.8. The third-order valence-electron chi connectivity index (χ3n) is 2.69. The van der Waals surface area contributed by atoms with E-state index >= 15 is 0 Å². The summed E-state index contributed by atoms with van der Waals surface area (Å²) in [7, 11) is 1.37. The van der Waals surface area contributed by atoms with Crippen LogP contribution in [-0.4, -0.2) is 35.9 Å². The lowest BCUT2D eigenvalue weighted by Gasteiger charge is -2.29. The van der Waals surface area contributed by atoms with E-state index in [1.807, 2.05) is 0 Å². The molecule has 0 bridgehead atoms. The average molecular weight is 282 g/mol. The van der Waals surface area contributed by atoms with Gasteiger partial charge < -0.3 is 5.11 Å². The number of hydrogen-bond donors (Lipinski definition) is 1. The molecule has 0 spiro atoms. The second-order valence-corrected chi connectivity index (χ2v) is 4.48. The normalized spacial score (nSPS) is 13.9. The van der Waals surface area contributed by atoms with Gasteiger partial charge in [-0.05, 0) is 25.1 Å². The molecular formula is C12H15ClF3NO. The van der Waals surface area contributed by atoms with Gasteiger partial charge in [-0.1, -0.05) is 29.8 Å². The van der Waals surface area contributed by atoms with Crippen molar-refractivity contribution in [3.63, 3.8) is 0 Å². The summed E-state index contributed by atoms with van der Waals surface area (Å²) in [5, 5.41) is 9.16. The van der Waals surface area contributed by atoms with E-state index in [4.69, 9.17) is 16.7 Å². The first-order valence-electron chi connectivity index (χ1n) is 5.47. The van der Waals surface area contributed by atoms with Crippen molar-refractivity contribution in [2.75, 3.05) is 13.7 Å². The molecule has 0 radical (unpaired) electrons. The van der Waals surface area contributed by atoms with E-state index in [2.05, 4.69) is 0 Å². The zero-order chi connectivity index (χ0) is 13.8. The maximum Gasteiger partial charge on any atom is 0.404 e. The number of halogens is 4. The summed E-state index contributed by atoms with van der Waals surface area (Å²) in [5.41, 5.74) is 0.633. The van der Waals surface area contributed by atoms with Crippen LogP contribution in [0.3, 0.4) is 0 Å². The SMILES string of the molecule is CN(Cc1ccccc1Cl)C(CCO)C(F)(F)F. The van der Waals surface area contributed by atoms with Crippen LogP contribution in [-0.2, 0) is 6.54 Å². The summed E-state index contributed by atoms with van der Waals surface area (Å²) < 4.78 is 38.3. The fourth-order valence-electron chi connectivity index (χ4n) is 1.76. The molecule has 0 amide bonds. The number of aliphatic hydroxyl groups is 1. The van der Waals surface area contributed by atoms with Crippen LogP contribution in [0.5, 0.6) is 0 Å². The van der Waals surface area contributed by atoms with Crippen LogP contribution >= 0.6 is 11.6 Å². The van der Waals surface area contributed by atoms with Crippen LogP contribution in [0.15, 0.2) is 24.3 Å². The van der Waals surface area contributed by atoms with E-state index in [-0.39, 0.29) is 13.0 Å². The Bertz CT molecular complexity index is 384. The number of rotatable bonds is 5. The Labute approximate surface area is 109 Å². The Morgan fingerprint density at radius 2 is 1.94 bits per heavy atom. The first-order chi connectivity index (χ1) is 8.36. The van der Waals surface area contributed by atoms with Crippen LogP contribution < -0.4 is 0 Å². The Morgan fingerprint density at radius 1 is 1.33 bits per heavy atom. The summed E-state index contributed by atoms with van der Waals surface area (Å²) in [5.74, 6) is 0. The van der Waals surface area contributed by atoms with Gasteiger partial charge in [-0.25, -0.2) is 0 Å². The minimum Gasteiger partial charge on any atom is -0.396 e. The summed E-state index contributed by atoms with van der Waals surface area (Å²) in [4.78, 5) is 1.15. The molecule has 1 aromatic carbocycles. The molecular weight excluding hydrogens is 267 g/mol. The topological polar surface area (TPSA) is 23.5 Å². The average Bonchev–Trinajstić information content (AvgIpc) is 2.27. The largest absolute Gasteiger partial charge is 0.404 e. The predicted octanol–water partition coefficient (Wildman–Crippen LogP) is 3.09. The van der Waals surface area contributed by atoms with Gasteiger partial charge in [0.2, 0.25) is 0 Å². The van der Waals surface area contributed by atoms with Gasteiger partial charge in [0.25, 0.3) is 0 Å². The van der Waals surface area contributed by atoms with Gasteiger partial charge >= 0.3 is 6.18 Å². The number of alkyl halides is 3. The van der Waals surface area contributed by atoms with E-state index in [0.29, 0.717) is 10.6 Å². The first-order valence-corrected chi connectivity index (χ1v) is 5.85. The first kappa shape index (κ1) is 15.3. The van der Waals surface area contributed by atoms with E-state index in [1.165, 1.54) is 7.05 Å². The molecule has 2 nitrogen and oxygen atoms in total. The highest BCUT2D eigenvalue weighted by atomic mass is 35.5. The molecule has 0 heterocycles. The van der Waals surface area contributed by atoms with Crippen molar-refractivity contribution < 1.29 is 18.3 Å². The van der Waals surface area contributed by atoms with E-state index in [1.54, 1.807) is 24.3 Å². The summed E-state index contributed by atoms with van der Waals surface area (Å²) in [6.07, 6.45) is -4.71. The minimum absolute atomic E-state index is 0.0872. The Kier molecular flexibility index (Phi) is 5.44. The number of hydrogen-bond acceptors (Lipinski definition) is 2. The molecule has 0 fully saturated rings. The van der Waals surface area contributed by atoms with Crippen LogP contribution in [0.4, 0.5) is 13.2 Å². The molecule has 0 aromatic heterocycles. The molecule has 18 heavy (non-hydrogen) atoms. The lowest BCUT2D eigenvalue weighted by atomic mass is 10.1. The second-order valence-electron chi connectivity index (χ2n) is 4.08. The van der Waals surface area contributed by atoms with Gasteiger partial charge in [0.15, 0.2) is 0 Å². The van der Waals surface area contributed by atoms with Crippen molar-refractivity contribution in [2.45, 2.75) is 25.2 Å². The zero-order valence-electron chi connectivity index (χ0n) is 9.91. The Hall–Kier alpha value is -0.780. The van der Waals surface area contributed by atoms with Crippen molar-refractivity contribution >= 4 is 11.6 Å². The van der Waals surface area contributed by atoms with Crippen LogP contribution in [0.2, 0.25) is 5.02 Å². The summed E-state index contributed by atoms with van der Waals surface area (Å²) in [6, 6.07) is 5.11. The molecule has 0 aliphatic rings. The maximum absolute atomic E-state index is 12.8. The van der Waals surface area contributed by atoms with E-state index < -0.39 is 18.8 Å². The third-order valence-corrected chi connectivity index (χ3v) is 3.06. The molecule has 0 aliphatic carbocycles. The standard InChI is InChI=1S/C12H15ClF3NO/c1-17(11(6-7-18)12(14,15)16)8-9-4-2-3-5-10(9)13/h2-5,11,18H,6-8H2,1H3. The Morgan fingerprint density at radius 3 is 2.44 bits per heavy atom. The lowest BCUT2D eigenvalue weighted by molar-refractivity contribution is -0.185. The van der Waals surface area contributed by atoms with E-state index in [0.717, 1.165) is 4.90 Å². The summed E-state index contributed by atoms with van der Waals surface area (Å²) in [6.45, 7) is -0.416. The summed E-state index contributed by atoms with van der Waals surface area (Å²) >= 11 is 5.91. The minimum atomic E-state index is -4.36. The molecule has 0 saturated heterocycles. The highest BCUT2D eigenvalue weighted by Crippen LogP contribution is 2.28. The molecule has 6 heteroatoms. The molecule has 1 N–H and O–H groups in total. The molecule has 1 atom stereocenters. The molecule has 1 rings (SSSR count). The highest BCUT2D eigenvalue weighted by Gasteiger charge is 2.41. The van der Waals surface area contributed by atoms with Crippen LogP contribution in [0.25, 0.3) is 0 Å². The van der Waals surface area contributed by atoms with Crippen molar-refractivity contribution in [3.8, 4) is 0 Å². The fraction of sp³-hybridized carbons (Fsp3) is 0.500. The number of benzene rings is 1. The molecule has 0 saturated carbocycles. The van der Waals surface area contributed by atoms with Gasteiger partial charge in [-0.2, -0.15) is 13.2 Å². The lowest BCUT2D eigenvalue weighted by Crippen LogP contribution is -2.43. The van der Waals surface area contributed by atoms with Gasteiger partial charge in [-0.15, -0.1) is 0 Å². The smallest absolute Gasteiger partial charge is 0.396 e. The molecule has 102 valence electrons. The van der Waals surface area contributed by atoms with Gasteiger partial charge in [0.1, 0.15) is 6.04 Å². The number of aliphatic hydroxyl groups excluding tert-OH is 1. The van der Waals surface area contributed by atoms with E-state index in [9.17, 15) is 13.2 Å². The molecule has 1 aromatic rings. The van der Waals surface area contributed by atoms with Gasteiger partial charge in [0, 0.05) is 18.2 Å². The second kappa shape index (κ2) is 6.41. The third kappa shape index (κ3) is 4.15. The molecule has 0 aliphatic heterocycles. The zero-order valence-corrected chi connectivity index (χ0v) is 10.7. The monoisotopic (exact) mass is 281 g/mol. The van der Waals surface area contributed by atoms with Crippen molar-refractivity contribution in [3.05, 3.63) is 34.9 Å². The molecule has 1 unspecified atom stereocenters. The Balaban J connectivity index is 2.79. The van der Waals surface area contributed by atoms with Crippen LogP contribution in [0, 0.1) is 0 Å². The van der Waals surface area contributed by atoms with Gasteiger partial charge in [0.05, 0.1) is 0 Å². The fourth-order valence-corrected chi connectivity index (χ4v) is 1.96. The quantitative estimate of drug-likeness (QED) is 0.896. The van der Waals surface area contributed by atoms with Crippen molar-refractivity contribution in [2.24, 2.45) is 0 Å².